The molecule has 1 rings (SSSR count). The maximum atomic E-state index is 11.3. The van der Waals surface area contributed by atoms with Crippen molar-refractivity contribution in [2.45, 2.75) is 19.8 Å². The number of ketones is 1. The quantitative estimate of drug-likeness (QED) is 0.752. The molecule has 0 atom stereocenters. The molecule has 1 N–H and O–H groups in total. The molecule has 100 valence electrons. The number of carbonyl (C=O) groups excluding carboxylic acids is 2. The SMILES string of the molecule is C#CCNC(=O)COc1ccc(CCC(C)=O)cc1. The van der Waals surface area contributed by atoms with Gasteiger partial charge in [-0.1, -0.05) is 18.1 Å². The number of Topliss-reactive ketones (excluding diaryl/α,β-unsaturated/α-hetero) is 1. The lowest BCUT2D eigenvalue weighted by Gasteiger charge is -2.06. The van der Waals surface area contributed by atoms with Crippen LogP contribution in [0, 0.1) is 12.3 Å². The predicted octanol–water partition coefficient (Wildman–Crippen LogP) is 1.34. The number of hydrogen-bond acceptors (Lipinski definition) is 3. The number of nitrogens with one attached hydrogen (secondary N) is 1. The van der Waals surface area contributed by atoms with Crippen molar-refractivity contribution in [2.75, 3.05) is 13.2 Å². The summed E-state index contributed by atoms with van der Waals surface area (Å²) >= 11 is 0. The van der Waals surface area contributed by atoms with Crippen molar-refractivity contribution >= 4 is 11.7 Å². The topological polar surface area (TPSA) is 55.4 Å². The maximum Gasteiger partial charge on any atom is 0.258 e. The first kappa shape index (κ1) is 14.8. The molecule has 4 nitrogen and oxygen atoms in total. The first-order chi connectivity index (χ1) is 9.11. The van der Waals surface area contributed by atoms with E-state index in [1.165, 1.54) is 0 Å². The third kappa shape index (κ3) is 6.27. The number of carbonyl (C=O) groups is 2. The van der Waals surface area contributed by atoms with Crippen LogP contribution < -0.4 is 10.1 Å². The monoisotopic (exact) mass is 259 g/mol. The van der Waals surface area contributed by atoms with E-state index in [-0.39, 0.29) is 24.8 Å². The summed E-state index contributed by atoms with van der Waals surface area (Å²) in [4.78, 5) is 22.1. The highest BCUT2D eigenvalue weighted by atomic mass is 16.5. The Bertz CT molecular complexity index is 471. The van der Waals surface area contributed by atoms with Crippen LogP contribution in [0.3, 0.4) is 0 Å². The molecule has 0 heterocycles. The smallest absolute Gasteiger partial charge is 0.258 e. The summed E-state index contributed by atoms with van der Waals surface area (Å²) in [6, 6.07) is 7.34. The third-order valence-electron chi connectivity index (χ3n) is 2.45. The summed E-state index contributed by atoms with van der Waals surface area (Å²) in [6.07, 6.45) is 6.28. The summed E-state index contributed by atoms with van der Waals surface area (Å²) in [6.45, 7) is 1.72. The Morgan fingerprint density at radius 1 is 1.32 bits per heavy atom. The first-order valence-corrected chi connectivity index (χ1v) is 6.03. The highest BCUT2D eigenvalue weighted by Crippen LogP contribution is 2.13. The van der Waals surface area contributed by atoms with Gasteiger partial charge in [-0.05, 0) is 31.0 Å². The van der Waals surface area contributed by atoms with Gasteiger partial charge in [0.25, 0.3) is 5.91 Å². The molecule has 0 aliphatic heterocycles. The molecule has 0 saturated heterocycles. The van der Waals surface area contributed by atoms with Gasteiger partial charge in [-0.25, -0.2) is 0 Å². The van der Waals surface area contributed by atoms with Gasteiger partial charge in [0, 0.05) is 6.42 Å². The van der Waals surface area contributed by atoms with Crippen LogP contribution in [0.25, 0.3) is 0 Å². The second-order valence-corrected chi connectivity index (χ2v) is 4.12. The second kappa shape index (κ2) is 7.93. The molecule has 0 spiro atoms. The van der Waals surface area contributed by atoms with Crippen molar-refractivity contribution in [1.29, 1.82) is 0 Å². The van der Waals surface area contributed by atoms with Crippen LogP contribution in [0.4, 0.5) is 0 Å². The van der Waals surface area contributed by atoms with E-state index in [1.54, 1.807) is 19.1 Å². The Kier molecular flexibility index (Phi) is 6.17. The van der Waals surface area contributed by atoms with Gasteiger partial charge in [0.15, 0.2) is 6.61 Å². The normalized spacial score (nSPS) is 9.47. The van der Waals surface area contributed by atoms with Crippen molar-refractivity contribution < 1.29 is 14.3 Å². The van der Waals surface area contributed by atoms with Crippen molar-refractivity contribution in [1.82, 2.24) is 5.32 Å². The van der Waals surface area contributed by atoms with E-state index in [1.807, 2.05) is 12.1 Å². The highest BCUT2D eigenvalue weighted by Gasteiger charge is 2.02. The average molecular weight is 259 g/mol. The lowest BCUT2D eigenvalue weighted by Crippen LogP contribution is -2.28. The number of benzene rings is 1. The van der Waals surface area contributed by atoms with Gasteiger partial charge >= 0.3 is 0 Å². The lowest BCUT2D eigenvalue weighted by atomic mass is 10.1. The summed E-state index contributed by atoms with van der Waals surface area (Å²) in [5.41, 5.74) is 1.07. The molecule has 0 saturated carbocycles. The molecule has 1 aromatic rings. The molecular weight excluding hydrogens is 242 g/mol. The van der Waals surface area contributed by atoms with Gasteiger partial charge in [-0.2, -0.15) is 0 Å². The summed E-state index contributed by atoms with van der Waals surface area (Å²) in [7, 11) is 0. The fourth-order valence-electron chi connectivity index (χ4n) is 1.42. The van der Waals surface area contributed by atoms with Crippen LogP contribution in [0.1, 0.15) is 18.9 Å². The minimum Gasteiger partial charge on any atom is -0.484 e. The van der Waals surface area contributed by atoms with Crippen LogP contribution in [0.5, 0.6) is 5.75 Å². The van der Waals surface area contributed by atoms with Gasteiger partial charge in [-0.3, -0.25) is 4.79 Å². The largest absolute Gasteiger partial charge is 0.484 e. The summed E-state index contributed by atoms with van der Waals surface area (Å²) < 4.78 is 5.30. The van der Waals surface area contributed by atoms with Gasteiger partial charge in [0.2, 0.25) is 0 Å². The van der Waals surface area contributed by atoms with Crippen LogP contribution in [0.2, 0.25) is 0 Å². The van der Waals surface area contributed by atoms with E-state index >= 15 is 0 Å². The number of ether oxygens (including phenoxy) is 1. The molecule has 0 bridgehead atoms. The molecule has 0 unspecified atom stereocenters. The first-order valence-electron chi connectivity index (χ1n) is 6.03. The highest BCUT2D eigenvalue weighted by molar-refractivity contribution is 5.77. The average Bonchev–Trinajstić information content (AvgIpc) is 2.41. The van der Waals surface area contributed by atoms with Gasteiger partial charge in [0.1, 0.15) is 11.5 Å². The molecule has 1 aromatic carbocycles. The molecular formula is C15H17NO3. The number of rotatable bonds is 7. The van der Waals surface area contributed by atoms with E-state index < -0.39 is 0 Å². The Morgan fingerprint density at radius 3 is 2.58 bits per heavy atom. The van der Waals surface area contributed by atoms with Crippen molar-refractivity contribution in [3.05, 3.63) is 29.8 Å². The van der Waals surface area contributed by atoms with Crippen molar-refractivity contribution in [2.24, 2.45) is 0 Å². The molecule has 0 aromatic heterocycles. The molecule has 0 aliphatic carbocycles. The second-order valence-electron chi connectivity index (χ2n) is 4.12. The Morgan fingerprint density at radius 2 is 2.00 bits per heavy atom. The number of amides is 1. The van der Waals surface area contributed by atoms with Gasteiger partial charge in [-0.15, -0.1) is 6.42 Å². The summed E-state index contributed by atoms with van der Waals surface area (Å²) in [5, 5.41) is 2.51. The van der Waals surface area contributed by atoms with Gasteiger partial charge < -0.3 is 14.8 Å². The van der Waals surface area contributed by atoms with Crippen molar-refractivity contribution in [3.8, 4) is 18.1 Å². The third-order valence-corrected chi connectivity index (χ3v) is 2.45. The minimum atomic E-state index is -0.251. The zero-order chi connectivity index (χ0) is 14.1. The number of hydrogen-bond donors (Lipinski definition) is 1. The number of terminal acetylenes is 1. The fraction of sp³-hybridized carbons (Fsp3) is 0.333. The van der Waals surface area contributed by atoms with E-state index in [0.29, 0.717) is 12.2 Å². The molecule has 19 heavy (non-hydrogen) atoms. The van der Waals surface area contributed by atoms with E-state index in [4.69, 9.17) is 11.2 Å². The van der Waals surface area contributed by atoms with Crippen LogP contribution in [-0.4, -0.2) is 24.8 Å². The Hall–Kier alpha value is -2.28. The molecule has 1 amide bonds. The molecule has 0 radical (unpaired) electrons. The predicted molar refractivity (Wildman–Crippen MR) is 72.8 cm³/mol. The van der Waals surface area contributed by atoms with E-state index in [9.17, 15) is 9.59 Å². The van der Waals surface area contributed by atoms with E-state index in [0.717, 1.165) is 12.0 Å². The van der Waals surface area contributed by atoms with Crippen molar-refractivity contribution in [3.63, 3.8) is 0 Å². The van der Waals surface area contributed by atoms with Gasteiger partial charge in [0.05, 0.1) is 6.54 Å². The Labute approximate surface area is 113 Å². The van der Waals surface area contributed by atoms with Crippen LogP contribution >= 0.6 is 0 Å². The zero-order valence-corrected chi connectivity index (χ0v) is 10.9. The molecule has 0 fully saturated rings. The van der Waals surface area contributed by atoms with E-state index in [2.05, 4.69) is 11.2 Å². The summed E-state index contributed by atoms with van der Waals surface area (Å²) in [5.74, 6) is 2.85. The van der Waals surface area contributed by atoms with Crippen LogP contribution in [-0.2, 0) is 16.0 Å². The molecule has 0 aliphatic rings. The zero-order valence-electron chi connectivity index (χ0n) is 10.9. The standard InChI is InChI=1S/C15H17NO3/c1-3-10-16-15(18)11-19-14-8-6-13(7-9-14)5-4-12(2)17/h1,6-9H,4-5,10-11H2,2H3,(H,16,18). The van der Waals surface area contributed by atoms with Crippen LogP contribution in [0.15, 0.2) is 24.3 Å². The number of aryl methyl sites for hydroxylation is 1. The fourth-order valence-corrected chi connectivity index (χ4v) is 1.42. The lowest BCUT2D eigenvalue weighted by molar-refractivity contribution is -0.122. The minimum absolute atomic E-state index is 0.0610. The maximum absolute atomic E-state index is 11.3. The molecule has 4 heteroatoms. The Balaban J connectivity index is 2.38.